The van der Waals surface area contributed by atoms with Crippen LogP contribution in [0.4, 0.5) is 0 Å². The molecule has 0 atom stereocenters. The maximum Gasteiger partial charge on any atom is 0.0886 e. The van der Waals surface area contributed by atoms with Gasteiger partial charge in [0.05, 0.1) is 11.4 Å². The predicted octanol–water partition coefficient (Wildman–Crippen LogP) is 10.1. The first kappa shape index (κ1) is 22.6. The molecule has 0 aliphatic heterocycles. The molecule has 0 amide bonds. The molecule has 0 spiro atoms. The maximum atomic E-state index is 4.88. The first-order chi connectivity index (χ1) is 19.8. The number of nitrogens with zero attached hydrogens (tertiary/aromatic N) is 2. The van der Waals surface area contributed by atoms with Crippen molar-refractivity contribution in [3.63, 3.8) is 0 Å². The Labute approximate surface area is 232 Å². The number of benzene rings is 6. The van der Waals surface area contributed by atoms with Crippen LogP contribution in [-0.4, -0.2) is 9.97 Å². The monoisotopic (exact) mass is 508 g/mol. The molecular weight excluding hydrogens is 484 g/mol. The van der Waals surface area contributed by atoms with Gasteiger partial charge in [-0.05, 0) is 78.5 Å². The summed E-state index contributed by atoms with van der Waals surface area (Å²) in [6.45, 7) is 0. The molecule has 0 unspecified atom stereocenters. The van der Waals surface area contributed by atoms with Gasteiger partial charge < -0.3 is 0 Å². The number of hydrogen-bond acceptors (Lipinski definition) is 2. The van der Waals surface area contributed by atoms with Crippen molar-refractivity contribution in [1.29, 1.82) is 0 Å². The second-order valence-electron chi connectivity index (χ2n) is 10.3. The SMILES string of the molecule is c1ccc2c(-c3ccc(-c4ccc(-c5c6ccccc6cc6ccccc56)cn4)nc3)c3ccccc3cc2c1. The highest BCUT2D eigenvalue weighted by Gasteiger charge is 2.13. The third kappa shape index (κ3) is 3.65. The Kier molecular flexibility index (Phi) is 5.17. The van der Waals surface area contributed by atoms with E-state index in [9.17, 15) is 0 Å². The Bertz CT molecular complexity index is 1930. The van der Waals surface area contributed by atoms with Crippen LogP contribution >= 0.6 is 0 Å². The summed E-state index contributed by atoms with van der Waals surface area (Å²) in [6, 6.07) is 47.3. The number of pyridine rings is 2. The number of fused-ring (bicyclic) bond motifs is 4. The van der Waals surface area contributed by atoms with Crippen LogP contribution in [0.15, 0.2) is 146 Å². The van der Waals surface area contributed by atoms with Crippen LogP contribution in [-0.2, 0) is 0 Å². The molecule has 0 bridgehead atoms. The number of rotatable bonds is 3. The first-order valence-electron chi connectivity index (χ1n) is 13.6. The number of hydrogen-bond donors (Lipinski definition) is 0. The van der Waals surface area contributed by atoms with Crippen LogP contribution in [0.25, 0.3) is 76.7 Å². The van der Waals surface area contributed by atoms with Gasteiger partial charge in [0.2, 0.25) is 0 Å². The summed E-state index contributed by atoms with van der Waals surface area (Å²) >= 11 is 0. The maximum absolute atomic E-state index is 4.88. The van der Waals surface area contributed by atoms with Crippen molar-refractivity contribution in [3.05, 3.63) is 146 Å². The lowest BCUT2D eigenvalue weighted by atomic mass is 9.92. The van der Waals surface area contributed by atoms with Crippen molar-refractivity contribution in [2.45, 2.75) is 0 Å². The van der Waals surface area contributed by atoms with Crippen LogP contribution in [0.5, 0.6) is 0 Å². The zero-order valence-electron chi connectivity index (χ0n) is 21.8. The van der Waals surface area contributed by atoms with Gasteiger partial charge in [0.15, 0.2) is 0 Å². The van der Waals surface area contributed by atoms with Gasteiger partial charge in [-0.1, -0.05) is 109 Å². The molecule has 0 aliphatic carbocycles. The average molecular weight is 509 g/mol. The quantitative estimate of drug-likeness (QED) is 0.222. The lowest BCUT2D eigenvalue weighted by molar-refractivity contribution is 1.25. The summed E-state index contributed by atoms with van der Waals surface area (Å²) in [7, 11) is 0. The highest BCUT2D eigenvalue weighted by atomic mass is 14.8. The summed E-state index contributed by atoms with van der Waals surface area (Å²) in [5.74, 6) is 0. The first-order valence-corrected chi connectivity index (χ1v) is 13.6. The summed E-state index contributed by atoms with van der Waals surface area (Å²) in [5.41, 5.74) is 6.38. The van der Waals surface area contributed by atoms with Crippen LogP contribution in [0.2, 0.25) is 0 Å². The summed E-state index contributed by atoms with van der Waals surface area (Å²) in [5, 5.41) is 9.89. The average Bonchev–Trinajstić information content (AvgIpc) is 3.03. The minimum absolute atomic E-state index is 0.864. The van der Waals surface area contributed by atoms with E-state index in [1.54, 1.807) is 0 Å². The van der Waals surface area contributed by atoms with Gasteiger partial charge >= 0.3 is 0 Å². The zero-order chi connectivity index (χ0) is 26.5. The van der Waals surface area contributed by atoms with Gasteiger partial charge in [-0.3, -0.25) is 9.97 Å². The van der Waals surface area contributed by atoms with Gasteiger partial charge in [0.1, 0.15) is 0 Å². The van der Waals surface area contributed by atoms with Crippen LogP contribution < -0.4 is 0 Å². The van der Waals surface area contributed by atoms with Gasteiger partial charge in [0.25, 0.3) is 0 Å². The van der Waals surface area contributed by atoms with Gasteiger partial charge in [-0.25, -0.2) is 0 Å². The minimum atomic E-state index is 0.864. The van der Waals surface area contributed by atoms with Crippen molar-refractivity contribution in [2.75, 3.05) is 0 Å². The molecule has 0 aliphatic rings. The van der Waals surface area contributed by atoms with Crippen LogP contribution in [0.1, 0.15) is 0 Å². The van der Waals surface area contributed by atoms with E-state index in [1.807, 2.05) is 12.4 Å². The Morgan fingerprint density at radius 3 is 0.950 bits per heavy atom. The normalized spacial score (nSPS) is 11.5. The van der Waals surface area contributed by atoms with Gasteiger partial charge in [0, 0.05) is 23.5 Å². The van der Waals surface area contributed by atoms with E-state index in [2.05, 4.69) is 133 Å². The van der Waals surface area contributed by atoms with E-state index in [4.69, 9.17) is 9.97 Å². The van der Waals surface area contributed by atoms with E-state index in [1.165, 1.54) is 54.2 Å². The summed E-state index contributed by atoms with van der Waals surface area (Å²) < 4.78 is 0. The van der Waals surface area contributed by atoms with E-state index in [-0.39, 0.29) is 0 Å². The summed E-state index contributed by atoms with van der Waals surface area (Å²) in [6.07, 6.45) is 3.97. The van der Waals surface area contributed by atoms with Crippen molar-refractivity contribution >= 4 is 43.1 Å². The van der Waals surface area contributed by atoms with Crippen molar-refractivity contribution < 1.29 is 0 Å². The largest absolute Gasteiger partial charge is 0.254 e. The molecular formula is C38H24N2. The standard InChI is InChI=1S/C38H24N2/c1-5-13-31-25(9-1)21-26-10-2-6-14-32(26)37(31)29-17-19-35(39-23-29)36-20-18-30(24-40-36)38-33-15-7-3-11-27(33)22-28-12-4-8-16-34(28)38/h1-24H. The molecule has 40 heavy (non-hydrogen) atoms. The van der Waals surface area contributed by atoms with E-state index in [0.717, 1.165) is 22.5 Å². The Hall–Kier alpha value is -5.34. The van der Waals surface area contributed by atoms with Crippen molar-refractivity contribution in [1.82, 2.24) is 9.97 Å². The Morgan fingerprint density at radius 1 is 0.325 bits per heavy atom. The summed E-state index contributed by atoms with van der Waals surface area (Å²) in [4.78, 5) is 9.76. The topological polar surface area (TPSA) is 25.8 Å². The van der Waals surface area contributed by atoms with Crippen molar-refractivity contribution in [3.8, 4) is 33.6 Å². The Balaban J connectivity index is 1.21. The van der Waals surface area contributed by atoms with E-state index >= 15 is 0 Å². The molecule has 2 nitrogen and oxygen atoms in total. The molecule has 0 radical (unpaired) electrons. The van der Waals surface area contributed by atoms with Crippen LogP contribution in [0.3, 0.4) is 0 Å². The molecule has 2 aromatic heterocycles. The second kappa shape index (κ2) is 9.14. The third-order valence-corrected chi connectivity index (χ3v) is 7.91. The van der Waals surface area contributed by atoms with E-state index < -0.39 is 0 Å². The molecule has 0 N–H and O–H groups in total. The zero-order valence-corrected chi connectivity index (χ0v) is 21.8. The van der Waals surface area contributed by atoms with Crippen molar-refractivity contribution in [2.24, 2.45) is 0 Å². The number of aromatic nitrogens is 2. The van der Waals surface area contributed by atoms with Crippen LogP contribution in [0, 0.1) is 0 Å². The molecule has 2 heteroatoms. The molecule has 8 aromatic rings. The fourth-order valence-corrected chi connectivity index (χ4v) is 6.04. The molecule has 6 aromatic carbocycles. The lowest BCUT2D eigenvalue weighted by Gasteiger charge is -2.13. The predicted molar refractivity (Wildman–Crippen MR) is 168 cm³/mol. The molecule has 0 fully saturated rings. The highest BCUT2D eigenvalue weighted by Crippen LogP contribution is 2.38. The van der Waals surface area contributed by atoms with Gasteiger partial charge in [-0.2, -0.15) is 0 Å². The smallest absolute Gasteiger partial charge is 0.0886 e. The van der Waals surface area contributed by atoms with Gasteiger partial charge in [-0.15, -0.1) is 0 Å². The molecule has 2 heterocycles. The fraction of sp³-hybridized carbons (Fsp3) is 0. The lowest BCUT2D eigenvalue weighted by Crippen LogP contribution is -1.91. The molecule has 8 rings (SSSR count). The molecule has 0 saturated heterocycles. The molecule has 0 saturated carbocycles. The van der Waals surface area contributed by atoms with E-state index in [0.29, 0.717) is 0 Å². The minimum Gasteiger partial charge on any atom is -0.254 e. The highest BCUT2D eigenvalue weighted by molar-refractivity contribution is 6.13. The fourth-order valence-electron chi connectivity index (χ4n) is 6.04. The Morgan fingerprint density at radius 2 is 0.650 bits per heavy atom. The third-order valence-electron chi connectivity index (χ3n) is 7.91. The second-order valence-corrected chi connectivity index (χ2v) is 10.3. The molecule has 186 valence electrons.